The smallest absolute Gasteiger partial charge is 0.265 e. The van der Waals surface area contributed by atoms with Gasteiger partial charge in [0.1, 0.15) is 22.3 Å². The molecule has 0 fully saturated rings. The highest BCUT2D eigenvalue weighted by molar-refractivity contribution is 7.92. The molecule has 0 spiro atoms. The van der Waals surface area contributed by atoms with Gasteiger partial charge in [-0.3, -0.25) is 14.1 Å². The van der Waals surface area contributed by atoms with Crippen LogP contribution >= 0.6 is 0 Å². The van der Waals surface area contributed by atoms with Crippen molar-refractivity contribution in [1.29, 1.82) is 0 Å². The Kier molecular flexibility index (Phi) is 6.62. The number of nitrogens with zero attached hydrogens (tertiary/aromatic N) is 2. The SMILES string of the molecule is CCOc1ccc(C(C)C)cc1S(=O)(=O)Nc1cc(-n2c(C)nc3ccccc3c2=O)ccc1F. The zero-order valence-electron chi connectivity index (χ0n) is 19.9. The van der Waals surface area contributed by atoms with E-state index in [4.69, 9.17) is 4.74 Å². The second kappa shape index (κ2) is 9.50. The lowest BCUT2D eigenvalue weighted by atomic mass is 10.0. The zero-order valence-corrected chi connectivity index (χ0v) is 20.7. The lowest BCUT2D eigenvalue weighted by molar-refractivity contribution is 0.331. The number of ether oxygens (including phenoxy) is 1. The first-order chi connectivity index (χ1) is 16.6. The van der Waals surface area contributed by atoms with E-state index in [0.29, 0.717) is 16.7 Å². The highest BCUT2D eigenvalue weighted by atomic mass is 32.2. The molecule has 0 atom stereocenters. The fraction of sp³-hybridized carbons (Fsp3) is 0.231. The van der Waals surface area contributed by atoms with Gasteiger partial charge in [0.2, 0.25) is 0 Å². The minimum atomic E-state index is -4.22. The van der Waals surface area contributed by atoms with E-state index < -0.39 is 15.8 Å². The minimum Gasteiger partial charge on any atom is -0.492 e. The fourth-order valence-corrected chi connectivity index (χ4v) is 5.09. The molecule has 0 bridgehead atoms. The molecule has 0 aliphatic rings. The number of benzene rings is 3. The lowest BCUT2D eigenvalue weighted by Crippen LogP contribution is -2.23. The van der Waals surface area contributed by atoms with Gasteiger partial charge in [0.25, 0.3) is 15.6 Å². The van der Waals surface area contributed by atoms with Crippen LogP contribution in [0, 0.1) is 12.7 Å². The molecule has 0 unspecified atom stereocenters. The predicted octanol–water partition coefficient (Wildman–Crippen LogP) is 5.16. The van der Waals surface area contributed by atoms with Gasteiger partial charge >= 0.3 is 0 Å². The van der Waals surface area contributed by atoms with Crippen LogP contribution in [0.4, 0.5) is 10.1 Å². The van der Waals surface area contributed by atoms with Crippen molar-refractivity contribution in [3.63, 3.8) is 0 Å². The van der Waals surface area contributed by atoms with E-state index in [-0.39, 0.29) is 40.1 Å². The third kappa shape index (κ3) is 4.77. The summed E-state index contributed by atoms with van der Waals surface area (Å²) in [6.45, 7) is 7.57. The van der Waals surface area contributed by atoms with Gasteiger partial charge in [0.15, 0.2) is 0 Å². The van der Waals surface area contributed by atoms with Gasteiger partial charge in [-0.25, -0.2) is 17.8 Å². The summed E-state index contributed by atoms with van der Waals surface area (Å²) in [6, 6.07) is 15.6. The van der Waals surface area contributed by atoms with Crippen molar-refractivity contribution < 1.29 is 17.5 Å². The summed E-state index contributed by atoms with van der Waals surface area (Å²) < 4.78 is 50.6. The van der Waals surface area contributed by atoms with Crippen molar-refractivity contribution in [2.75, 3.05) is 11.3 Å². The summed E-state index contributed by atoms with van der Waals surface area (Å²) in [7, 11) is -4.22. The highest BCUT2D eigenvalue weighted by Gasteiger charge is 2.23. The first-order valence-electron chi connectivity index (χ1n) is 11.2. The molecule has 4 rings (SSSR count). The largest absolute Gasteiger partial charge is 0.492 e. The molecular formula is C26H26FN3O4S. The summed E-state index contributed by atoms with van der Waals surface area (Å²) in [6.07, 6.45) is 0. The first-order valence-corrected chi connectivity index (χ1v) is 12.7. The van der Waals surface area contributed by atoms with Crippen LogP contribution in [0.15, 0.2) is 70.4 Å². The van der Waals surface area contributed by atoms with Crippen LogP contribution in [0.3, 0.4) is 0 Å². The van der Waals surface area contributed by atoms with Crippen LogP contribution in [0.2, 0.25) is 0 Å². The van der Waals surface area contributed by atoms with E-state index >= 15 is 0 Å². The Balaban J connectivity index is 1.81. The molecule has 0 aliphatic carbocycles. The Bertz CT molecular complexity index is 1580. The summed E-state index contributed by atoms with van der Waals surface area (Å²) in [5.74, 6) is -0.145. The molecule has 35 heavy (non-hydrogen) atoms. The van der Waals surface area contributed by atoms with Gasteiger partial charge in [0.05, 0.1) is 28.9 Å². The van der Waals surface area contributed by atoms with Crippen molar-refractivity contribution in [3.8, 4) is 11.4 Å². The molecule has 0 amide bonds. The van der Waals surface area contributed by atoms with Gasteiger partial charge in [-0.05, 0) is 67.8 Å². The van der Waals surface area contributed by atoms with Gasteiger partial charge < -0.3 is 4.74 Å². The number of hydrogen-bond donors (Lipinski definition) is 1. The quantitative estimate of drug-likeness (QED) is 0.383. The molecule has 0 radical (unpaired) electrons. The topological polar surface area (TPSA) is 90.3 Å². The van der Waals surface area contributed by atoms with E-state index in [2.05, 4.69) is 9.71 Å². The second-order valence-corrected chi connectivity index (χ2v) is 10.0. The first kappa shape index (κ1) is 24.4. The molecule has 9 heteroatoms. The maximum absolute atomic E-state index is 14.8. The molecule has 1 heterocycles. The Labute approximate surface area is 203 Å². The molecule has 0 aliphatic heterocycles. The van der Waals surface area contributed by atoms with Gasteiger partial charge in [-0.15, -0.1) is 0 Å². The number of fused-ring (bicyclic) bond motifs is 1. The summed E-state index contributed by atoms with van der Waals surface area (Å²) in [4.78, 5) is 17.5. The van der Waals surface area contributed by atoms with Crippen LogP contribution in [0.25, 0.3) is 16.6 Å². The number of halogens is 1. The molecule has 7 nitrogen and oxygen atoms in total. The van der Waals surface area contributed by atoms with Crippen molar-refractivity contribution in [2.24, 2.45) is 0 Å². The van der Waals surface area contributed by atoms with Crippen LogP contribution < -0.4 is 15.0 Å². The van der Waals surface area contributed by atoms with Gasteiger partial charge in [-0.1, -0.05) is 32.0 Å². The number of rotatable bonds is 7. The average molecular weight is 496 g/mol. The number of sulfonamides is 1. The lowest BCUT2D eigenvalue weighted by Gasteiger charge is -2.17. The number of nitrogens with one attached hydrogen (secondary N) is 1. The van der Waals surface area contributed by atoms with Crippen LogP contribution in [0.1, 0.15) is 38.1 Å². The summed E-state index contributed by atoms with van der Waals surface area (Å²) in [5, 5.41) is 0.399. The predicted molar refractivity (Wildman–Crippen MR) is 135 cm³/mol. The standard InChI is InChI=1S/C26H26FN3O4S/c1-5-34-24-13-10-18(16(2)3)14-25(24)35(32,33)29-23-15-19(11-12-21(23)27)30-17(4)28-22-9-7-6-8-20(22)26(30)31/h6-16,29H,5H2,1-4H3. The molecule has 182 valence electrons. The van der Waals surface area contributed by atoms with Gasteiger partial charge in [-0.2, -0.15) is 0 Å². The summed E-state index contributed by atoms with van der Waals surface area (Å²) >= 11 is 0. The Morgan fingerprint density at radius 2 is 1.83 bits per heavy atom. The molecule has 1 N–H and O–H groups in total. The van der Waals surface area contributed by atoms with Gasteiger partial charge in [0, 0.05) is 0 Å². The van der Waals surface area contributed by atoms with E-state index in [1.54, 1.807) is 50.2 Å². The maximum Gasteiger partial charge on any atom is 0.265 e. The second-order valence-electron chi connectivity index (χ2n) is 8.38. The number of aryl methyl sites for hydroxylation is 1. The van der Waals surface area contributed by atoms with E-state index in [1.165, 1.54) is 22.8 Å². The number of anilines is 1. The monoisotopic (exact) mass is 495 g/mol. The molecular weight excluding hydrogens is 469 g/mol. The molecule has 4 aromatic rings. The van der Waals surface area contributed by atoms with Crippen molar-refractivity contribution in [1.82, 2.24) is 9.55 Å². The van der Waals surface area contributed by atoms with E-state index in [0.717, 1.165) is 11.6 Å². The molecule has 0 saturated carbocycles. The third-order valence-electron chi connectivity index (χ3n) is 5.62. The van der Waals surface area contributed by atoms with Crippen molar-refractivity contribution in [2.45, 2.75) is 38.5 Å². The number of para-hydroxylation sites is 1. The highest BCUT2D eigenvalue weighted by Crippen LogP contribution is 2.31. The van der Waals surface area contributed by atoms with Crippen LogP contribution in [-0.2, 0) is 10.0 Å². The van der Waals surface area contributed by atoms with Crippen molar-refractivity contribution in [3.05, 3.63) is 88.2 Å². The zero-order chi connectivity index (χ0) is 25.3. The summed E-state index contributed by atoms with van der Waals surface area (Å²) in [5.41, 5.74) is 0.997. The Hall–Kier alpha value is -3.72. The third-order valence-corrected chi connectivity index (χ3v) is 7.01. The minimum absolute atomic E-state index is 0.0787. The van der Waals surface area contributed by atoms with Crippen molar-refractivity contribution >= 4 is 26.6 Å². The fourth-order valence-electron chi connectivity index (χ4n) is 3.85. The number of aromatic nitrogens is 2. The normalized spacial score (nSPS) is 11.7. The maximum atomic E-state index is 14.8. The van der Waals surface area contributed by atoms with Crippen LogP contribution in [-0.4, -0.2) is 24.6 Å². The number of hydrogen-bond acceptors (Lipinski definition) is 5. The molecule has 0 saturated heterocycles. The van der Waals surface area contributed by atoms with E-state index in [1.807, 2.05) is 13.8 Å². The average Bonchev–Trinajstić information content (AvgIpc) is 2.81. The molecule has 3 aromatic carbocycles. The Morgan fingerprint density at radius 1 is 1.09 bits per heavy atom. The van der Waals surface area contributed by atoms with Crippen LogP contribution in [0.5, 0.6) is 5.75 Å². The Morgan fingerprint density at radius 3 is 2.54 bits per heavy atom. The van der Waals surface area contributed by atoms with E-state index in [9.17, 15) is 17.6 Å². The molecule has 1 aromatic heterocycles.